The molecular weight excluding hydrogens is 151 g/mol. The fourth-order valence-corrected chi connectivity index (χ4v) is 0.579. The van der Waals surface area contributed by atoms with Gasteiger partial charge in [-0.2, -0.15) is 0 Å². The Morgan fingerprint density at radius 2 is 2.57 bits per heavy atom. The van der Waals surface area contributed by atoms with Crippen molar-refractivity contribution >= 4 is 12.5 Å². The third-order valence-electron chi connectivity index (χ3n) is 0.342. The summed E-state index contributed by atoms with van der Waals surface area (Å²) in [5, 5.41) is 0. The summed E-state index contributed by atoms with van der Waals surface area (Å²) < 4.78 is 4.51. The van der Waals surface area contributed by atoms with E-state index in [4.69, 9.17) is 0 Å². The molecule has 0 aliphatic rings. The fraction of sp³-hybridized carbons (Fsp3) is 0.667. The average molecular weight is 156 g/mol. The van der Waals surface area contributed by atoms with Crippen molar-refractivity contribution in [1.82, 2.24) is 0 Å². The molecule has 0 aliphatic carbocycles. The Balaban J connectivity index is 3.17. The Morgan fingerprint density at radius 3 is 2.71 bits per heavy atom. The van der Waals surface area contributed by atoms with Crippen molar-refractivity contribution in [3.05, 3.63) is 0 Å². The van der Waals surface area contributed by atoms with Crippen molar-refractivity contribution in [3.63, 3.8) is 0 Å². The van der Waals surface area contributed by atoms with Gasteiger partial charge in [-0.3, -0.25) is 0 Å². The first-order chi connectivity index (χ1) is 3.31. The van der Waals surface area contributed by atoms with Crippen LogP contribution < -0.4 is 0 Å². The van der Waals surface area contributed by atoms with Gasteiger partial charge in [0.15, 0.2) is 0 Å². The van der Waals surface area contributed by atoms with E-state index in [9.17, 15) is 4.79 Å². The van der Waals surface area contributed by atoms with Gasteiger partial charge in [-0.1, -0.05) is 0 Å². The second kappa shape index (κ2) is 4.46. The first-order valence-electron chi connectivity index (χ1n) is 1.81. The summed E-state index contributed by atoms with van der Waals surface area (Å²) in [7, 11) is 0. The zero-order valence-corrected chi connectivity index (χ0v) is 6.05. The molecule has 0 radical (unpaired) electrons. The predicted octanol–water partition coefficient (Wildman–Crippen LogP) is 1.55. The van der Waals surface area contributed by atoms with Crippen LogP contribution in [0, 0.1) is 0 Å². The number of hydrogen-bond donors (Lipinski definition) is 0. The van der Waals surface area contributed by atoms with Crippen molar-refractivity contribution in [3.8, 4) is 0 Å². The molecule has 0 saturated carbocycles. The summed E-state index contributed by atoms with van der Waals surface area (Å²) in [6.45, 7) is 2.80. The molecule has 7 heavy (non-hydrogen) atoms. The Kier molecular flexibility index (Phi) is 4.65. The zero-order valence-electron chi connectivity index (χ0n) is 3.88. The van der Waals surface area contributed by atoms with Gasteiger partial charge in [0.05, 0.1) is 0 Å². The normalized spacial score (nSPS) is 8.71. The van der Waals surface area contributed by atoms with Gasteiger partial charge in [-0.15, -0.1) is 0 Å². The summed E-state index contributed by atoms with van der Waals surface area (Å²) in [5.74, 6) is 0. The summed E-state index contributed by atoms with van der Waals surface area (Å²) in [4.78, 5) is 10.1. The summed E-state index contributed by atoms with van der Waals surface area (Å²) in [6.07, 6.45) is 0. The first-order valence-corrected chi connectivity index (χ1v) is 4.33. The second-order valence-electron chi connectivity index (χ2n) is 0.790. The Morgan fingerprint density at radius 1 is 2.00 bits per heavy atom. The third kappa shape index (κ3) is 4.15. The molecule has 0 heterocycles. The van der Waals surface area contributed by atoms with E-state index in [1.807, 2.05) is 0 Å². The van der Waals surface area contributed by atoms with Gasteiger partial charge in [0, 0.05) is 0 Å². The van der Waals surface area contributed by atoms with Crippen LogP contribution >= 0.6 is 6.78 Å². The van der Waals surface area contributed by atoms with Crippen LogP contribution in [0.5, 0.6) is 0 Å². The molecule has 0 rings (SSSR count). The van der Waals surface area contributed by atoms with Gasteiger partial charge in [-0.05, 0) is 0 Å². The molecule has 40 valence electrons. The molecule has 2 nitrogen and oxygen atoms in total. The first kappa shape index (κ1) is 7.30. The topological polar surface area (TPSA) is 26.3 Å². The SMILES string of the molecule is CCOC(=O)[P]=[Cr]. The monoisotopic (exact) mass is 156 g/mol. The molecule has 0 spiro atoms. The number of carbonyl (C=O) groups excluding carboxylic acids is 1. The molecule has 0 aromatic heterocycles. The number of rotatable bonds is 2. The minimum atomic E-state index is -0.206. The van der Waals surface area contributed by atoms with Gasteiger partial charge in [0.1, 0.15) is 0 Å². The predicted molar refractivity (Wildman–Crippen MR) is 23.9 cm³/mol. The van der Waals surface area contributed by atoms with Gasteiger partial charge in [0.2, 0.25) is 0 Å². The van der Waals surface area contributed by atoms with Gasteiger partial charge >= 0.3 is 50.9 Å². The van der Waals surface area contributed by atoms with Crippen LogP contribution in [-0.4, -0.2) is 12.3 Å². The molecule has 0 atom stereocenters. The molecule has 0 unspecified atom stereocenters. The van der Waals surface area contributed by atoms with Crippen LogP contribution in [0.15, 0.2) is 0 Å². The number of carbonyl (C=O) groups is 1. The van der Waals surface area contributed by atoms with Crippen molar-refractivity contribution < 1.29 is 24.9 Å². The molecule has 0 amide bonds. The van der Waals surface area contributed by atoms with Crippen LogP contribution in [0.2, 0.25) is 0 Å². The van der Waals surface area contributed by atoms with E-state index < -0.39 is 0 Å². The average Bonchev–Trinajstić information content (AvgIpc) is 1.68. The summed E-state index contributed by atoms with van der Waals surface area (Å²) in [5.41, 5.74) is -0.206. The molecule has 0 aromatic rings. The zero-order chi connectivity index (χ0) is 5.70. The third-order valence-corrected chi connectivity index (χ3v) is 1.32. The van der Waals surface area contributed by atoms with E-state index in [1.165, 1.54) is 0 Å². The second-order valence-corrected chi connectivity index (χ2v) is 2.19. The maximum atomic E-state index is 10.1. The van der Waals surface area contributed by atoms with E-state index in [0.717, 1.165) is 0 Å². The van der Waals surface area contributed by atoms with Crippen LogP contribution in [0.3, 0.4) is 0 Å². The van der Waals surface area contributed by atoms with Crippen molar-refractivity contribution in [2.24, 2.45) is 0 Å². The molecule has 0 saturated heterocycles. The number of ether oxygens (including phenoxy) is 1. The van der Waals surface area contributed by atoms with Crippen LogP contribution in [0.1, 0.15) is 6.92 Å². The molecule has 4 heteroatoms. The Labute approximate surface area is 51.5 Å². The van der Waals surface area contributed by atoms with E-state index >= 15 is 0 Å². The molecule has 0 bridgehead atoms. The summed E-state index contributed by atoms with van der Waals surface area (Å²) in [6, 6.07) is 0. The van der Waals surface area contributed by atoms with E-state index in [1.54, 1.807) is 6.92 Å². The van der Waals surface area contributed by atoms with Crippen molar-refractivity contribution in [2.75, 3.05) is 6.61 Å². The molecule has 0 aromatic carbocycles. The molecule has 0 N–H and O–H groups in total. The van der Waals surface area contributed by atoms with E-state index in [-0.39, 0.29) is 5.71 Å². The minimum absolute atomic E-state index is 0.206. The number of hydrogen-bond acceptors (Lipinski definition) is 2. The van der Waals surface area contributed by atoms with Gasteiger partial charge in [-0.25, -0.2) is 0 Å². The van der Waals surface area contributed by atoms with E-state index in [2.05, 4.69) is 20.1 Å². The van der Waals surface area contributed by atoms with Crippen molar-refractivity contribution in [2.45, 2.75) is 6.92 Å². The van der Waals surface area contributed by atoms with Crippen molar-refractivity contribution in [1.29, 1.82) is 0 Å². The van der Waals surface area contributed by atoms with E-state index in [0.29, 0.717) is 13.4 Å². The molecule has 0 aliphatic heterocycles. The maximum absolute atomic E-state index is 10.1. The molecule has 0 fully saturated rings. The molecular formula is C3H5CrO2P. The van der Waals surface area contributed by atoms with Crippen LogP contribution in [0.25, 0.3) is 0 Å². The van der Waals surface area contributed by atoms with Crippen LogP contribution in [0.4, 0.5) is 4.79 Å². The van der Waals surface area contributed by atoms with Gasteiger partial charge < -0.3 is 0 Å². The quantitative estimate of drug-likeness (QED) is 0.567. The fourth-order valence-electron chi connectivity index (χ4n) is 0.150. The van der Waals surface area contributed by atoms with Crippen LogP contribution in [-0.2, 0) is 20.1 Å². The van der Waals surface area contributed by atoms with Gasteiger partial charge in [0.25, 0.3) is 0 Å². The Bertz CT molecular complexity index is 83.0. The summed E-state index contributed by atoms with van der Waals surface area (Å²) >= 11 is 2.52. The Hall–Kier alpha value is 0.302. The standard InChI is InChI=1S/C3H5O2P.Cr/c1-2-5-3(4)6;/h2H2,1H3;.